The highest BCUT2D eigenvalue weighted by Gasteiger charge is 2.17. The zero-order valence-electron chi connectivity index (χ0n) is 12.5. The van der Waals surface area contributed by atoms with Gasteiger partial charge in [-0.25, -0.2) is 0 Å². The second-order valence-corrected chi connectivity index (χ2v) is 5.71. The van der Waals surface area contributed by atoms with Gasteiger partial charge in [-0.1, -0.05) is 42.5 Å². The average Bonchev–Trinajstić information content (AvgIpc) is 2.53. The molecule has 1 aliphatic rings. The topological polar surface area (TPSA) is 20.3 Å². The standard InChI is InChI=1S/C19H21NO/c1-15-7-2-4-10-17(15)19(21)12-14-20-13-6-9-16-8-3-5-11-18(16)20/h2-5,7-8,10-11H,6,9,12-14H2,1H3. The van der Waals surface area contributed by atoms with Crippen LogP contribution < -0.4 is 4.90 Å². The van der Waals surface area contributed by atoms with E-state index >= 15 is 0 Å². The molecule has 1 aliphatic heterocycles. The molecule has 108 valence electrons. The highest BCUT2D eigenvalue weighted by molar-refractivity contribution is 5.97. The van der Waals surface area contributed by atoms with Crippen LogP contribution in [0, 0.1) is 6.92 Å². The summed E-state index contributed by atoms with van der Waals surface area (Å²) in [4.78, 5) is 14.7. The van der Waals surface area contributed by atoms with Gasteiger partial charge in [0.05, 0.1) is 0 Å². The van der Waals surface area contributed by atoms with E-state index < -0.39 is 0 Å². The van der Waals surface area contributed by atoms with Crippen molar-refractivity contribution in [3.8, 4) is 0 Å². The molecule has 0 unspecified atom stereocenters. The Labute approximate surface area is 126 Å². The van der Waals surface area contributed by atoms with E-state index in [0.29, 0.717) is 6.42 Å². The van der Waals surface area contributed by atoms with E-state index in [9.17, 15) is 4.79 Å². The van der Waals surface area contributed by atoms with Crippen molar-refractivity contribution in [3.63, 3.8) is 0 Å². The Kier molecular flexibility index (Phi) is 4.05. The second-order valence-electron chi connectivity index (χ2n) is 5.71. The molecule has 0 radical (unpaired) electrons. The fourth-order valence-corrected chi connectivity index (χ4v) is 3.10. The molecule has 2 aromatic rings. The second kappa shape index (κ2) is 6.13. The Hall–Kier alpha value is -2.09. The molecule has 1 heterocycles. The lowest BCUT2D eigenvalue weighted by atomic mass is 10.00. The van der Waals surface area contributed by atoms with Gasteiger partial charge in [0.15, 0.2) is 5.78 Å². The largest absolute Gasteiger partial charge is 0.371 e. The van der Waals surface area contributed by atoms with Gasteiger partial charge in [0, 0.05) is 30.8 Å². The lowest BCUT2D eigenvalue weighted by Crippen LogP contribution is -2.31. The molecule has 0 N–H and O–H groups in total. The molecule has 0 aliphatic carbocycles. The van der Waals surface area contributed by atoms with Crippen LogP contribution in [-0.4, -0.2) is 18.9 Å². The predicted molar refractivity (Wildman–Crippen MR) is 87.1 cm³/mol. The molecule has 0 amide bonds. The molecule has 0 fully saturated rings. The summed E-state index contributed by atoms with van der Waals surface area (Å²) in [5.74, 6) is 0.246. The Morgan fingerprint density at radius 1 is 1.10 bits per heavy atom. The van der Waals surface area contributed by atoms with Crippen molar-refractivity contribution in [1.29, 1.82) is 0 Å². The van der Waals surface area contributed by atoms with Crippen LogP contribution >= 0.6 is 0 Å². The number of rotatable bonds is 4. The van der Waals surface area contributed by atoms with Gasteiger partial charge in [-0.05, 0) is 37.0 Å². The van der Waals surface area contributed by atoms with Crippen LogP contribution in [0.5, 0.6) is 0 Å². The van der Waals surface area contributed by atoms with E-state index in [2.05, 4.69) is 29.2 Å². The van der Waals surface area contributed by atoms with Crippen molar-refractivity contribution in [1.82, 2.24) is 0 Å². The first kappa shape index (κ1) is 13.9. The lowest BCUT2D eigenvalue weighted by Gasteiger charge is -2.31. The predicted octanol–water partition coefficient (Wildman–Crippen LogP) is 4.02. The van der Waals surface area contributed by atoms with Crippen molar-refractivity contribution in [2.45, 2.75) is 26.2 Å². The zero-order chi connectivity index (χ0) is 14.7. The van der Waals surface area contributed by atoms with E-state index in [1.807, 2.05) is 31.2 Å². The normalized spacial score (nSPS) is 13.9. The van der Waals surface area contributed by atoms with Crippen molar-refractivity contribution in [2.24, 2.45) is 0 Å². The van der Waals surface area contributed by atoms with Crippen molar-refractivity contribution in [2.75, 3.05) is 18.0 Å². The number of fused-ring (bicyclic) bond motifs is 1. The van der Waals surface area contributed by atoms with Gasteiger partial charge in [-0.15, -0.1) is 0 Å². The van der Waals surface area contributed by atoms with E-state index in [1.165, 1.54) is 17.7 Å². The number of ketones is 1. The maximum absolute atomic E-state index is 12.4. The van der Waals surface area contributed by atoms with E-state index in [4.69, 9.17) is 0 Å². The Balaban J connectivity index is 1.69. The first-order valence-electron chi connectivity index (χ1n) is 7.67. The summed E-state index contributed by atoms with van der Waals surface area (Å²) >= 11 is 0. The van der Waals surface area contributed by atoms with E-state index in [1.54, 1.807) is 0 Å². The van der Waals surface area contributed by atoms with Crippen LogP contribution in [0.15, 0.2) is 48.5 Å². The van der Waals surface area contributed by atoms with Gasteiger partial charge in [0.25, 0.3) is 0 Å². The number of benzene rings is 2. The van der Waals surface area contributed by atoms with Gasteiger partial charge < -0.3 is 4.90 Å². The number of para-hydroxylation sites is 1. The van der Waals surface area contributed by atoms with Crippen LogP contribution in [0.4, 0.5) is 5.69 Å². The molecule has 21 heavy (non-hydrogen) atoms. The molecular weight excluding hydrogens is 258 g/mol. The molecule has 3 rings (SSSR count). The minimum absolute atomic E-state index is 0.246. The van der Waals surface area contributed by atoms with Crippen LogP contribution in [0.25, 0.3) is 0 Å². The molecular formula is C19H21NO. The van der Waals surface area contributed by atoms with E-state index in [-0.39, 0.29) is 5.78 Å². The Morgan fingerprint density at radius 3 is 2.71 bits per heavy atom. The highest BCUT2D eigenvalue weighted by Crippen LogP contribution is 2.26. The highest BCUT2D eigenvalue weighted by atomic mass is 16.1. The lowest BCUT2D eigenvalue weighted by molar-refractivity contribution is 0.0984. The summed E-state index contributed by atoms with van der Waals surface area (Å²) in [6.07, 6.45) is 2.91. The summed E-state index contributed by atoms with van der Waals surface area (Å²) in [6, 6.07) is 16.4. The number of hydrogen-bond donors (Lipinski definition) is 0. The molecule has 0 bridgehead atoms. The molecule has 0 saturated carbocycles. The first-order chi connectivity index (χ1) is 10.3. The minimum atomic E-state index is 0.246. The molecule has 2 aromatic carbocycles. The fraction of sp³-hybridized carbons (Fsp3) is 0.316. The van der Waals surface area contributed by atoms with Gasteiger partial charge in [0.2, 0.25) is 0 Å². The third-order valence-electron chi connectivity index (χ3n) is 4.26. The molecule has 2 heteroatoms. The Morgan fingerprint density at radius 2 is 1.86 bits per heavy atom. The molecule has 0 atom stereocenters. The smallest absolute Gasteiger partial charge is 0.164 e. The van der Waals surface area contributed by atoms with Crippen molar-refractivity contribution >= 4 is 11.5 Å². The minimum Gasteiger partial charge on any atom is -0.371 e. The summed E-state index contributed by atoms with van der Waals surface area (Å²) in [5, 5.41) is 0. The zero-order valence-corrected chi connectivity index (χ0v) is 12.5. The van der Waals surface area contributed by atoms with E-state index in [0.717, 1.165) is 30.6 Å². The maximum atomic E-state index is 12.4. The molecule has 0 aromatic heterocycles. The van der Waals surface area contributed by atoms with Crippen molar-refractivity contribution in [3.05, 3.63) is 65.2 Å². The number of carbonyl (C=O) groups is 1. The Bertz CT molecular complexity index is 648. The number of anilines is 1. The quantitative estimate of drug-likeness (QED) is 0.788. The van der Waals surface area contributed by atoms with Crippen LogP contribution in [0.2, 0.25) is 0 Å². The third-order valence-corrected chi connectivity index (χ3v) is 4.26. The molecule has 2 nitrogen and oxygen atoms in total. The third kappa shape index (κ3) is 2.99. The van der Waals surface area contributed by atoms with Crippen LogP contribution in [0.3, 0.4) is 0 Å². The molecule has 0 spiro atoms. The van der Waals surface area contributed by atoms with Crippen molar-refractivity contribution < 1.29 is 4.79 Å². The number of Topliss-reactive ketones (excluding diaryl/α,β-unsaturated/α-hetero) is 1. The SMILES string of the molecule is Cc1ccccc1C(=O)CCN1CCCc2ccccc21. The number of nitrogens with zero attached hydrogens (tertiary/aromatic N) is 1. The van der Waals surface area contributed by atoms with Gasteiger partial charge >= 0.3 is 0 Å². The first-order valence-corrected chi connectivity index (χ1v) is 7.67. The number of carbonyl (C=O) groups excluding carboxylic acids is 1. The average molecular weight is 279 g/mol. The summed E-state index contributed by atoms with van der Waals surface area (Å²) < 4.78 is 0. The van der Waals surface area contributed by atoms with Gasteiger partial charge in [-0.3, -0.25) is 4.79 Å². The monoisotopic (exact) mass is 279 g/mol. The van der Waals surface area contributed by atoms with Gasteiger partial charge in [0.1, 0.15) is 0 Å². The van der Waals surface area contributed by atoms with Crippen LogP contribution in [-0.2, 0) is 6.42 Å². The molecule has 0 saturated heterocycles. The maximum Gasteiger partial charge on any atom is 0.164 e. The summed E-state index contributed by atoms with van der Waals surface area (Å²) in [6.45, 7) is 3.87. The summed E-state index contributed by atoms with van der Waals surface area (Å²) in [5.41, 5.74) is 4.65. The summed E-state index contributed by atoms with van der Waals surface area (Å²) in [7, 11) is 0. The van der Waals surface area contributed by atoms with Gasteiger partial charge in [-0.2, -0.15) is 0 Å². The number of aryl methyl sites for hydroxylation is 2. The fourth-order valence-electron chi connectivity index (χ4n) is 3.10. The van der Waals surface area contributed by atoms with Crippen LogP contribution in [0.1, 0.15) is 34.3 Å². The number of hydrogen-bond acceptors (Lipinski definition) is 2.